The molecule has 124 valence electrons. The van der Waals surface area contributed by atoms with E-state index in [1.54, 1.807) is 24.0 Å². The van der Waals surface area contributed by atoms with Crippen LogP contribution in [0.15, 0.2) is 29.1 Å². The molecule has 1 unspecified atom stereocenters. The summed E-state index contributed by atoms with van der Waals surface area (Å²) in [6.45, 7) is 2.36. The molecule has 1 aromatic heterocycles. The molecule has 1 aromatic carbocycles. The van der Waals surface area contributed by atoms with Gasteiger partial charge < -0.3 is 0 Å². The van der Waals surface area contributed by atoms with Gasteiger partial charge in [-0.15, -0.1) is 0 Å². The van der Waals surface area contributed by atoms with Crippen molar-refractivity contribution in [2.24, 2.45) is 5.92 Å². The fourth-order valence-electron chi connectivity index (χ4n) is 3.14. The number of halogens is 3. The lowest BCUT2D eigenvalue weighted by Crippen LogP contribution is -2.44. The van der Waals surface area contributed by atoms with Gasteiger partial charge in [-0.1, -0.05) is 18.2 Å². The van der Waals surface area contributed by atoms with Crippen LogP contribution >= 0.6 is 0 Å². The summed E-state index contributed by atoms with van der Waals surface area (Å²) < 4.78 is 40.0. The number of aryl methyl sites for hydroxylation is 1. The number of rotatable bonds is 2. The van der Waals surface area contributed by atoms with Crippen LogP contribution in [-0.2, 0) is 6.67 Å². The molecule has 2 aromatic rings. The number of hydrogen-bond acceptors (Lipinski definition) is 3. The molecule has 1 atom stereocenters. The first-order chi connectivity index (χ1) is 10.9. The van der Waals surface area contributed by atoms with Crippen LogP contribution < -0.4 is 5.56 Å². The lowest BCUT2D eigenvalue weighted by molar-refractivity contribution is -0.188. The quantitative estimate of drug-likeness (QED) is 0.852. The molecule has 0 amide bonds. The number of fused-ring (bicyclic) bond motifs is 1. The fourth-order valence-corrected chi connectivity index (χ4v) is 3.14. The first kappa shape index (κ1) is 16.0. The molecule has 2 heterocycles. The van der Waals surface area contributed by atoms with Gasteiger partial charge in [-0.25, -0.2) is 4.68 Å². The first-order valence-electron chi connectivity index (χ1n) is 7.62. The van der Waals surface area contributed by atoms with E-state index in [1.807, 2.05) is 12.1 Å². The number of piperidine rings is 1. The third kappa shape index (κ3) is 3.24. The van der Waals surface area contributed by atoms with Crippen molar-refractivity contribution in [3.8, 4) is 0 Å². The number of likely N-dealkylation sites (tertiary alicyclic amines) is 1. The Morgan fingerprint density at radius 2 is 1.96 bits per heavy atom. The molecular weight excluding hydrogens is 307 g/mol. The van der Waals surface area contributed by atoms with E-state index in [2.05, 4.69) is 5.10 Å². The van der Waals surface area contributed by atoms with Crippen molar-refractivity contribution in [1.29, 1.82) is 0 Å². The van der Waals surface area contributed by atoms with Gasteiger partial charge in [-0.05, 0) is 32.4 Å². The zero-order valence-corrected chi connectivity index (χ0v) is 12.8. The molecule has 0 radical (unpaired) electrons. The molecule has 1 saturated heterocycles. The van der Waals surface area contributed by atoms with Gasteiger partial charge in [-0.3, -0.25) is 9.69 Å². The number of alkyl halides is 3. The monoisotopic (exact) mass is 325 g/mol. The third-order valence-electron chi connectivity index (χ3n) is 4.35. The van der Waals surface area contributed by atoms with Crippen LogP contribution in [0.2, 0.25) is 0 Å². The Kier molecular flexibility index (Phi) is 4.14. The molecule has 0 spiro atoms. The minimum atomic E-state index is -4.18. The maximum Gasteiger partial charge on any atom is 0.393 e. The average Bonchev–Trinajstić information content (AvgIpc) is 2.52. The minimum Gasteiger partial charge on any atom is -0.284 e. The number of benzene rings is 1. The molecule has 1 aliphatic heterocycles. The third-order valence-corrected chi connectivity index (χ3v) is 4.35. The molecule has 0 bridgehead atoms. The van der Waals surface area contributed by atoms with Gasteiger partial charge in [0.25, 0.3) is 5.56 Å². The van der Waals surface area contributed by atoms with Gasteiger partial charge in [-0.2, -0.15) is 18.3 Å². The summed E-state index contributed by atoms with van der Waals surface area (Å²) in [7, 11) is 0. The van der Waals surface area contributed by atoms with Gasteiger partial charge in [0.05, 0.1) is 23.7 Å². The second-order valence-electron chi connectivity index (χ2n) is 6.03. The highest BCUT2D eigenvalue weighted by Gasteiger charge is 2.41. The topological polar surface area (TPSA) is 38.1 Å². The minimum absolute atomic E-state index is 0.0799. The lowest BCUT2D eigenvalue weighted by atomic mass is 9.98. The van der Waals surface area contributed by atoms with E-state index in [0.29, 0.717) is 24.0 Å². The molecule has 3 rings (SSSR count). The molecular formula is C16H18F3N3O. The number of hydrogen-bond donors (Lipinski definition) is 0. The summed E-state index contributed by atoms with van der Waals surface area (Å²) in [6, 6.07) is 7.15. The largest absolute Gasteiger partial charge is 0.393 e. The Balaban J connectivity index is 1.87. The maximum absolute atomic E-state index is 12.9. The van der Waals surface area contributed by atoms with E-state index < -0.39 is 12.1 Å². The Morgan fingerprint density at radius 3 is 2.65 bits per heavy atom. The molecule has 0 aliphatic carbocycles. The lowest BCUT2D eigenvalue weighted by Gasteiger charge is -2.33. The molecule has 4 nitrogen and oxygen atoms in total. The Bertz CT molecular complexity index is 769. The van der Waals surface area contributed by atoms with Gasteiger partial charge >= 0.3 is 6.18 Å². The zero-order valence-electron chi connectivity index (χ0n) is 12.8. The van der Waals surface area contributed by atoms with E-state index in [9.17, 15) is 18.0 Å². The van der Waals surface area contributed by atoms with Crippen molar-refractivity contribution in [3.63, 3.8) is 0 Å². The highest BCUT2D eigenvalue weighted by atomic mass is 19.4. The van der Waals surface area contributed by atoms with Gasteiger partial charge in [0.15, 0.2) is 0 Å². The van der Waals surface area contributed by atoms with Crippen molar-refractivity contribution < 1.29 is 13.2 Å². The van der Waals surface area contributed by atoms with Crippen LogP contribution in [0, 0.1) is 12.8 Å². The summed E-state index contributed by atoms with van der Waals surface area (Å²) in [6.07, 6.45) is -3.55. The first-order valence-corrected chi connectivity index (χ1v) is 7.62. The molecule has 1 fully saturated rings. The van der Waals surface area contributed by atoms with Crippen LogP contribution in [-0.4, -0.2) is 33.9 Å². The zero-order chi connectivity index (χ0) is 16.6. The van der Waals surface area contributed by atoms with Crippen LogP contribution in [0.5, 0.6) is 0 Å². The van der Waals surface area contributed by atoms with Crippen molar-refractivity contribution >= 4 is 10.8 Å². The highest BCUT2D eigenvalue weighted by Crippen LogP contribution is 2.33. The van der Waals surface area contributed by atoms with Crippen molar-refractivity contribution in [2.45, 2.75) is 32.6 Å². The fraction of sp³-hybridized carbons (Fsp3) is 0.500. The van der Waals surface area contributed by atoms with Gasteiger partial charge in [0.1, 0.15) is 0 Å². The molecule has 0 N–H and O–H groups in total. The normalized spacial score (nSPS) is 20.1. The van der Waals surface area contributed by atoms with Crippen LogP contribution in [0.25, 0.3) is 10.8 Å². The Labute approximate surface area is 131 Å². The van der Waals surface area contributed by atoms with E-state index >= 15 is 0 Å². The second-order valence-corrected chi connectivity index (χ2v) is 6.03. The summed E-state index contributed by atoms with van der Waals surface area (Å²) in [5, 5.41) is 5.59. The van der Waals surface area contributed by atoms with E-state index in [-0.39, 0.29) is 25.2 Å². The summed E-state index contributed by atoms with van der Waals surface area (Å²) in [5.74, 6) is -1.33. The van der Waals surface area contributed by atoms with Gasteiger partial charge in [0, 0.05) is 11.9 Å². The second kappa shape index (κ2) is 5.96. The van der Waals surface area contributed by atoms with Crippen molar-refractivity contribution in [1.82, 2.24) is 14.7 Å². The Morgan fingerprint density at radius 1 is 1.26 bits per heavy atom. The number of nitrogens with zero attached hydrogens (tertiary/aromatic N) is 3. The van der Waals surface area contributed by atoms with Crippen LogP contribution in [0.1, 0.15) is 18.5 Å². The molecule has 23 heavy (non-hydrogen) atoms. The smallest absolute Gasteiger partial charge is 0.284 e. The SMILES string of the molecule is Cc1nn(CN2CCCC(C(F)(F)F)C2)c(=O)c2ccccc12. The van der Waals surface area contributed by atoms with E-state index in [4.69, 9.17) is 0 Å². The Hall–Kier alpha value is -1.89. The van der Waals surface area contributed by atoms with Crippen molar-refractivity contribution in [2.75, 3.05) is 13.1 Å². The highest BCUT2D eigenvalue weighted by molar-refractivity contribution is 5.83. The summed E-state index contributed by atoms with van der Waals surface area (Å²) in [5.41, 5.74) is 0.435. The predicted octanol–water partition coefficient (Wildman–Crippen LogP) is 2.94. The van der Waals surface area contributed by atoms with Crippen molar-refractivity contribution in [3.05, 3.63) is 40.3 Å². The summed E-state index contributed by atoms with van der Waals surface area (Å²) in [4.78, 5) is 14.1. The average molecular weight is 325 g/mol. The molecule has 1 aliphatic rings. The number of aromatic nitrogens is 2. The van der Waals surface area contributed by atoms with Crippen LogP contribution in [0.3, 0.4) is 0 Å². The standard InChI is InChI=1S/C16H18F3N3O/c1-11-13-6-2-3-7-14(13)15(23)22(20-11)10-21-8-4-5-12(9-21)16(17,18)19/h2-3,6-7,12H,4-5,8-10H2,1H3. The van der Waals surface area contributed by atoms with Gasteiger partial charge in [0.2, 0.25) is 0 Å². The molecule has 0 saturated carbocycles. The summed E-state index contributed by atoms with van der Waals surface area (Å²) >= 11 is 0. The molecule has 7 heteroatoms. The van der Waals surface area contributed by atoms with E-state index in [0.717, 1.165) is 5.39 Å². The predicted molar refractivity (Wildman–Crippen MR) is 81.1 cm³/mol. The maximum atomic E-state index is 12.9. The van der Waals surface area contributed by atoms with E-state index in [1.165, 1.54) is 4.68 Å². The van der Waals surface area contributed by atoms with Crippen LogP contribution in [0.4, 0.5) is 13.2 Å².